The monoisotopic (exact) mass is 373 g/mol. The average molecular weight is 373 g/mol. The molecule has 1 aromatic heterocycles. The van der Waals surface area contributed by atoms with E-state index >= 15 is 0 Å². The second kappa shape index (κ2) is 6.35. The fourth-order valence-corrected chi connectivity index (χ4v) is 4.30. The molecule has 0 saturated heterocycles. The Morgan fingerprint density at radius 3 is 2.41 bits per heavy atom. The van der Waals surface area contributed by atoms with Crippen LogP contribution in [0.15, 0.2) is 103 Å². The molecule has 5 aromatic rings. The summed E-state index contributed by atoms with van der Waals surface area (Å²) in [7, 11) is 0. The number of hydrogen-bond acceptors (Lipinski definition) is 2. The standard InChI is InChI=1S/C26H19N3/c1-2-10-19(11-3-1)25-17-23(21-14-8-12-18-9-4-5-13-20(18)21)28-26-27-22-15-6-7-16-24(22)29(25)26/h1-17,23H,(H,27,28). The van der Waals surface area contributed by atoms with Gasteiger partial charge in [0.15, 0.2) is 0 Å². The molecule has 0 bridgehead atoms. The predicted octanol–water partition coefficient (Wildman–Crippen LogP) is 6.25. The lowest BCUT2D eigenvalue weighted by Gasteiger charge is -2.27. The van der Waals surface area contributed by atoms with Crippen LogP contribution in [0.3, 0.4) is 0 Å². The SMILES string of the molecule is C1=C(c2ccccc2)n2c(nc3ccccc32)NC1c1cccc2ccccc12. The molecule has 4 aromatic carbocycles. The first-order valence-electron chi connectivity index (χ1n) is 9.88. The van der Waals surface area contributed by atoms with Crippen LogP contribution in [0.1, 0.15) is 17.2 Å². The van der Waals surface area contributed by atoms with Crippen LogP contribution in [0.5, 0.6) is 0 Å². The first-order valence-corrected chi connectivity index (χ1v) is 9.88. The van der Waals surface area contributed by atoms with Crippen LogP contribution in [0.4, 0.5) is 5.95 Å². The molecule has 0 aliphatic carbocycles. The highest BCUT2D eigenvalue weighted by Gasteiger charge is 2.25. The molecule has 0 spiro atoms. The normalized spacial score (nSPS) is 15.7. The van der Waals surface area contributed by atoms with Crippen molar-refractivity contribution < 1.29 is 0 Å². The van der Waals surface area contributed by atoms with E-state index in [0.717, 1.165) is 22.7 Å². The zero-order chi connectivity index (χ0) is 19.2. The van der Waals surface area contributed by atoms with Crippen molar-refractivity contribution in [2.24, 2.45) is 0 Å². The van der Waals surface area contributed by atoms with E-state index in [1.807, 2.05) is 6.07 Å². The average Bonchev–Trinajstić information content (AvgIpc) is 3.17. The molecule has 3 heteroatoms. The number of fused-ring (bicyclic) bond motifs is 4. The lowest BCUT2D eigenvalue weighted by Crippen LogP contribution is -2.19. The Hall–Kier alpha value is -3.85. The molecule has 138 valence electrons. The van der Waals surface area contributed by atoms with Crippen molar-refractivity contribution in [2.75, 3.05) is 5.32 Å². The van der Waals surface area contributed by atoms with Crippen molar-refractivity contribution in [3.05, 3.63) is 114 Å². The summed E-state index contributed by atoms with van der Waals surface area (Å²) >= 11 is 0. The van der Waals surface area contributed by atoms with Crippen molar-refractivity contribution in [2.45, 2.75) is 6.04 Å². The van der Waals surface area contributed by atoms with Crippen LogP contribution in [0, 0.1) is 0 Å². The molecular weight excluding hydrogens is 354 g/mol. The molecule has 1 aliphatic heterocycles. The maximum atomic E-state index is 4.90. The van der Waals surface area contributed by atoms with Crippen molar-refractivity contribution in [1.82, 2.24) is 9.55 Å². The largest absolute Gasteiger partial charge is 0.345 e. The zero-order valence-corrected chi connectivity index (χ0v) is 15.8. The van der Waals surface area contributed by atoms with Crippen LogP contribution >= 0.6 is 0 Å². The summed E-state index contributed by atoms with van der Waals surface area (Å²) in [5, 5.41) is 6.19. The van der Waals surface area contributed by atoms with Gasteiger partial charge in [-0.1, -0.05) is 84.9 Å². The summed E-state index contributed by atoms with van der Waals surface area (Å²) in [4.78, 5) is 4.90. The van der Waals surface area contributed by atoms with Crippen molar-refractivity contribution in [3.8, 4) is 0 Å². The Labute approximate surface area is 168 Å². The smallest absolute Gasteiger partial charge is 0.209 e. The van der Waals surface area contributed by atoms with Gasteiger partial charge in [-0.25, -0.2) is 4.98 Å². The van der Waals surface area contributed by atoms with Crippen molar-refractivity contribution in [3.63, 3.8) is 0 Å². The molecule has 1 N–H and O–H groups in total. The van der Waals surface area contributed by atoms with Gasteiger partial charge < -0.3 is 5.32 Å². The summed E-state index contributed by atoms with van der Waals surface area (Å²) in [5.41, 5.74) is 5.71. The van der Waals surface area contributed by atoms with Crippen molar-refractivity contribution >= 4 is 33.5 Å². The molecule has 0 fully saturated rings. The second-order valence-corrected chi connectivity index (χ2v) is 7.37. The maximum Gasteiger partial charge on any atom is 0.209 e. The van der Waals surface area contributed by atoms with Gasteiger partial charge in [-0.3, -0.25) is 4.57 Å². The van der Waals surface area contributed by atoms with Crippen LogP contribution in [-0.2, 0) is 0 Å². The van der Waals surface area contributed by atoms with Crippen molar-refractivity contribution in [1.29, 1.82) is 0 Å². The molecule has 6 rings (SSSR count). The highest BCUT2D eigenvalue weighted by atomic mass is 15.2. The van der Waals surface area contributed by atoms with Gasteiger partial charge in [0, 0.05) is 0 Å². The van der Waals surface area contributed by atoms with E-state index in [9.17, 15) is 0 Å². The maximum absolute atomic E-state index is 4.90. The van der Waals surface area contributed by atoms with E-state index in [4.69, 9.17) is 4.98 Å². The lowest BCUT2D eigenvalue weighted by molar-refractivity contribution is 0.906. The Bertz CT molecular complexity index is 1370. The Morgan fingerprint density at radius 2 is 1.48 bits per heavy atom. The van der Waals surface area contributed by atoms with Crippen LogP contribution in [0.25, 0.3) is 27.5 Å². The number of nitrogens with zero attached hydrogens (tertiary/aromatic N) is 2. The molecule has 2 heterocycles. The first-order chi connectivity index (χ1) is 14.4. The quantitative estimate of drug-likeness (QED) is 0.397. The second-order valence-electron chi connectivity index (χ2n) is 7.37. The molecule has 1 unspecified atom stereocenters. The summed E-state index contributed by atoms with van der Waals surface area (Å²) in [6.45, 7) is 0. The Morgan fingerprint density at radius 1 is 0.724 bits per heavy atom. The highest BCUT2D eigenvalue weighted by molar-refractivity contribution is 5.90. The molecule has 1 atom stereocenters. The number of hydrogen-bond donors (Lipinski definition) is 1. The van der Waals surface area contributed by atoms with Gasteiger partial charge in [-0.05, 0) is 40.1 Å². The minimum absolute atomic E-state index is 0.0422. The number of benzene rings is 4. The van der Waals surface area contributed by atoms with Crippen LogP contribution in [-0.4, -0.2) is 9.55 Å². The fourth-order valence-electron chi connectivity index (χ4n) is 4.30. The third kappa shape index (κ3) is 2.55. The molecule has 1 aliphatic rings. The molecule has 0 saturated carbocycles. The van der Waals surface area contributed by atoms with Gasteiger partial charge in [0.05, 0.1) is 22.8 Å². The zero-order valence-electron chi connectivity index (χ0n) is 15.8. The van der Waals surface area contributed by atoms with E-state index < -0.39 is 0 Å². The topological polar surface area (TPSA) is 29.9 Å². The lowest BCUT2D eigenvalue weighted by atomic mass is 9.96. The molecule has 29 heavy (non-hydrogen) atoms. The molecular formula is C26H19N3. The van der Waals surface area contributed by atoms with Crippen LogP contribution in [0.2, 0.25) is 0 Å². The first kappa shape index (κ1) is 16.1. The van der Waals surface area contributed by atoms with E-state index in [2.05, 4.69) is 107 Å². The number of aromatic nitrogens is 2. The van der Waals surface area contributed by atoms with E-state index in [0.29, 0.717) is 0 Å². The summed E-state index contributed by atoms with van der Waals surface area (Å²) in [6.07, 6.45) is 2.32. The predicted molar refractivity (Wildman–Crippen MR) is 120 cm³/mol. The van der Waals surface area contributed by atoms with Gasteiger partial charge in [0.2, 0.25) is 5.95 Å². The molecule has 0 amide bonds. The number of para-hydroxylation sites is 2. The number of anilines is 1. The summed E-state index contributed by atoms with van der Waals surface area (Å²) < 4.78 is 2.23. The third-order valence-corrected chi connectivity index (χ3v) is 5.64. The molecule has 0 radical (unpaired) electrons. The Balaban J connectivity index is 1.61. The van der Waals surface area contributed by atoms with Crippen LogP contribution < -0.4 is 5.32 Å². The summed E-state index contributed by atoms with van der Waals surface area (Å²) in [5.74, 6) is 0.880. The Kier molecular flexibility index (Phi) is 3.53. The fraction of sp³-hybridized carbons (Fsp3) is 0.0385. The minimum atomic E-state index is 0.0422. The van der Waals surface area contributed by atoms with Gasteiger partial charge in [0.25, 0.3) is 0 Å². The molecule has 3 nitrogen and oxygen atoms in total. The van der Waals surface area contributed by atoms with E-state index in [-0.39, 0.29) is 6.04 Å². The highest BCUT2D eigenvalue weighted by Crippen LogP contribution is 2.38. The number of rotatable bonds is 2. The van der Waals surface area contributed by atoms with Gasteiger partial charge in [-0.15, -0.1) is 0 Å². The minimum Gasteiger partial charge on any atom is -0.345 e. The van der Waals surface area contributed by atoms with E-state index in [1.54, 1.807) is 0 Å². The third-order valence-electron chi connectivity index (χ3n) is 5.64. The van der Waals surface area contributed by atoms with Gasteiger partial charge >= 0.3 is 0 Å². The number of imidazole rings is 1. The summed E-state index contributed by atoms with van der Waals surface area (Å²) in [6, 6.07) is 33.9. The van der Waals surface area contributed by atoms with Gasteiger partial charge in [-0.2, -0.15) is 0 Å². The van der Waals surface area contributed by atoms with E-state index in [1.165, 1.54) is 21.9 Å². The van der Waals surface area contributed by atoms with Gasteiger partial charge in [0.1, 0.15) is 0 Å². The number of nitrogens with one attached hydrogen (secondary N) is 1.